The van der Waals surface area contributed by atoms with Crippen molar-refractivity contribution in [2.75, 3.05) is 39.3 Å². The van der Waals surface area contributed by atoms with E-state index in [4.69, 9.17) is 9.73 Å². The van der Waals surface area contributed by atoms with Crippen molar-refractivity contribution in [2.24, 2.45) is 4.99 Å². The van der Waals surface area contributed by atoms with Gasteiger partial charge >= 0.3 is 0 Å². The topological polar surface area (TPSA) is 57.9 Å². The largest absolute Gasteiger partial charge is 0.373 e. The van der Waals surface area contributed by atoms with Crippen molar-refractivity contribution in [3.05, 3.63) is 53.9 Å². The molecule has 0 amide bonds. The van der Waals surface area contributed by atoms with Gasteiger partial charge in [-0.25, -0.2) is 0 Å². The number of aromatic nitrogens is 2. The van der Waals surface area contributed by atoms with Gasteiger partial charge in [-0.05, 0) is 31.4 Å². The maximum Gasteiger partial charge on any atom is 0.194 e. The number of fused-ring (bicyclic) bond motifs is 1. The van der Waals surface area contributed by atoms with E-state index in [0.717, 1.165) is 64.8 Å². The molecule has 0 bridgehead atoms. The Labute approximate surface area is 179 Å². The molecule has 1 N–H and O–H groups in total. The fraction of sp³-hybridized carbons (Fsp3) is 0.565. The minimum atomic E-state index is 0.248. The van der Waals surface area contributed by atoms with Gasteiger partial charge in [-0.2, -0.15) is 5.10 Å². The van der Waals surface area contributed by atoms with Gasteiger partial charge in [0.25, 0.3) is 0 Å². The van der Waals surface area contributed by atoms with Gasteiger partial charge in [0, 0.05) is 52.0 Å². The Kier molecular flexibility index (Phi) is 7.02. The molecule has 0 saturated carbocycles. The Morgan fingerprint density at radius 3 is 2.90 bits per heavy atom. The zero-order valence-electron chi connectivity index (χ0n) is 18.2. The van der Waals surface area contributed by atoms with Gasteiger partial charge in [0.15, 0.2) is 5.96 Å². The van der Waals surface area contributed by atoms with Crippen LogP contribution in [0.4, 0.5) is 0 Å². The van der Waals surface area contributed by atoms with E-state index in [9.17, 15) is 0 Å². The van der Waals surface area contributed by atoms with Crippen LogP contribution < -0.4 is 5.32 Å². The summed E-state index contributed by atoms with van der Waals surface area (Å²) in [7, 11) is 0. The number of rotatable bonds is 7. The fourth-order valence-electron chi connectivity index (χ4n) is 4.38. The van der Waals surface area contributed by atoms with Crippen molar-refractivity contribution < 1.29 is 4.74 Å². The first-order chi connectivity index (χ1) is 14.7. The lowest BCUT2D eigenvalue weighted by molar-refractivity contribution is -0.0502. The summed E-state index contributed by atoms with van der Waals surface area (Å²) in [4.78, 5) is 9.85. The van der Waals surface area contributed by atoms with Crippen molar-refractivity contribution in [3.63, 3.8) is 0 Å². The highest BCUT2D eigenvalue weighted by Gasteiger charge is 2.41. The molecule has 7 nitrogen and oxygen atoms in total. The van der Waals surface area contributed by atoms with Gasteiger partial charge in [-0.1, -0.05) is 30.3 Å². The zero-order chi connectivity index (χ0) is 20.8. The molecule has 0 radical (unpaired) electrons. The standard InChI is InChI=1S/C23H34N6O/c1-3-24-23(25-10-7-11-29-15-19(2)14-26-29)28-17-21-22(18-28)30-13-12-27(21)16-20-8-5-4-6-9-20/h4-6,8-9,14-15,21-22H,3,7,10-13,16-18H2,1-2H3,(H,24,25). The summed E-state index contributed by atoms with van der Waals surface area (Å²) in [6, 6.07) is 11.2. The van der Waals surface area contributed by atoms with Crippen LogP contribution in [0.25, 0.3) is 0 Å². The number of nitrogens with one attached hydrogen (secondary N) is 1. The Bertz CT molecular complexity index is 820. The summed E-state index contributed by atoms with van der Waals surface area (Å²) < 4.78 is 8.13. The molecule has 3 heterocycles. The Morgan fingerprint density at radius 2 is 2.13 bits per heavy atom. The summed E-state index contributed by atoms with van der Waals surface area (Å²) >= 11 is 0. The van der Waals surface area contributed by atoms with E-state index in [1.807, 2.05) is 10.9 Å². The number of nitrogens with zero attached hydrogens (tertiary/aromatic N) is 5. The molecule has 2 atom stereocenters. The second-order valence-corrected chi connectivity index (χ2v) is 8.21. The van der Waals surface area contributed by atoms with E-state index in [1.165, 1.54) is 11.1 Å². The number of hydrogen-bond donors (Lipinski definition) is 1. The Morgan fingerprint density at radius 1 is 1.27 bits per heavy atom. The average molecular weight is 411 g/mol. The molecule has 30 heavy (non-hydrogen) atoms. The first-order valence-corrected chi connectivity index (χ1v) is 11.1. The lowest BCUT2D eigenvalue weighted by atomic mass is 10.1. The van der Waals surface area contributed by atoms with E-state index in [0.29, 0.717) is 6.04 Å². The highest BCUT2D eigenvalue weighted by Crippen LogP contribution is 2.24. The van der Waals surface area contributed by atoms with Crippen molar-refractivity contribution in [3.8, 4) is 0 Å². The van der Waals surface area contributed by atoms with Crippen molar-refractivity contribution in [1.29, 1.82) is 0 Å². The Hall–Kier alpha value is -2.38. The predicted octanol–water partition coefficient (Wildman–Crippen LogP) is 2.13. The molecule has 2 saturated heterocycles. The van der Waals surface area contributed by atoms with Gasteiger partial charge < -0.3 is 15.0 Å². The molecular weight excluding hydrogens is 376 g/mol. The van der Waals surface area contributed by atoms with Crippen LogP contribution >= 0.6 is 0 Å². The summed E-state index contributed by atoms with van der Waals surface area (Å²) in [6.45, 7) is 11.4. The molecule has 2 aromatic rings. The minimum absolute atomic E-state index is 0.248. The average Bonchev–Trinajstić information content (AvgIpc) is 3.38. The number of benzene rings is 1. The molecule has 2 fully saturated rings. The van der Waals surface area contributed by atoms with Crippen LogP contribution in [-0.4, -0.2) is 77.0 Å². The van der Waals surface area contributed by atoms with Crippen molar-refractivity contribution in [2.45, 2.75) is 45.5 Å². The van der Waals surface area contributed by atoms with E-state index < -0.39 is 0 Å². The molecule has 7 heteroatoms. The third-order valence-electron chi connectivity index (χ3n) is 5.85. The SMILES string of the molecule is CCNC(=NCCCn1cc(C)cn1)N1CC2OCCN(Cc3ccccc3)C2C1. The summed E-state index contributed by atoms with van der Waals surface area (Å²) in [5, 5.41) is 7.84. The molecule has 1 aromatic heterocycles. The third-order valence-corrected chi connectivity index (χ3v) is 5.85. The monoisotopic (exact) mass is 410 g/mol. The summed E-state index contributed by atoms with van der Waals surface area (Å²) in [6.07, 6.45) is 5.21. The van der Waals surface area contributed by atoms with Crippen LogP contribution in [0.5, 0.6) is 0 Å². The smallest absolute Gasteiger partial charge is 0.194 e. The van der Waals surface area contributed by atoms with Crippen LogP contribution in [0.2, 0.25) is 0 Å². The number of morpholine rings is 1. The summed E-state index contributed by atoms with van der Waals surface area (Å²) in [5.41, 5.74) is 2.57. The molecule has 2 unspecified atom stereocenters. The lowest BCUT2D eigenvalue weighted by Gasteiger charge is -2.36. The third kappa shape index (κ3) is 5.21. The molecule has 162 valence electrons. The van der Waals surface area contributed by atoms with Crippen molar-refractivity contribution >= 4 is 5.96 Å². The lowest BCUT2D eigenvalue weighted by Crippen LogP contribution is -2.50. The first-order valence-electron chi connectivity index (χ1n) is 11.1. The van der Waals surface area contributed by atoms with E-state index in [-0.39, 0.29) is 6.10 Å². The van der Waals surface area contributed by atoms with Crippen LogP contribution in [0.3, 0.4) is 0 Å². The molecule has 2 aliphatic rings. The quantitative estimate of drug-likeness (QED) is 0.431. The molecular formula is C23H34N6O. The number of aliphatic imine (C=N–C) groups is 1. The highest BCUT2D eigenvalue weighted by molar-refractivity contribution is 5.80. The normalized spacial score (nSPS) is 22.3. The molecule has 2 aliphatic heterocycles. The number of likely N-dealkylation sites (tertiary alicyclic amines) is 1. The second kappa shape index (κ2) is 10.1. The molecule has 1 aromatic carbocycles. The molecule has 0 aliphatic carbocycles. The van der Waals surface area contributed by atoms with Crippen LogP contribution in [-0.2, 0) is 17.8 Å². The first kappa shape index (κ1) is 20.9. The van der Waals surface area contributed by atoms with Gasteiger partial charge in [-0.15, -0.1) is 0 Å². The van der Waals surface area contributed by atoms with E-state index in [2.05, 4.69) is 70.6 Å². The molecule has 0 spiro atoms. The minimum Gasteiger partial charge on any atom is -0.373 e. The van der Waals surface area contributed by atoms with Crippen LogP contribution in [0, 0.1) is 6.92 Å². The van der Waals surface area contributed by atoms with E-state index >= 15 is 0 Å². The summed E-state index contributed by atoms with van der Waals surface area (Å²) in [5.74, 6) is 1.01. The fourth-order valence-corrected chi connectivity index (χ4v) is 4.38. The Balaban J connectivity index is 1.35. The van der Waals surface area contributed by atoms with Crippen LogP contribution in [0.1, 0.15) is 24.5 Å². The number of ether oxygens (including phenoxy) is 1. The number of guanidine groups is 1. The van der Waals surface area contributed by atoms with Crippen LogP contribution in [0.15, 0.2) is 47.7 Å². The van der Waals surface area contributed by atoms with Gasteiger partial charge in [0.1, 0.15) is 0 Å². The second-order valence-electron chi connectivity index (χ2n) is 8.21. The highest BCUT2D eigenvalue weighted by atomic mass is 16.5. The van der Waals surface area contributed by atoms with Gasteiger partial charge in [-0.3, -0.25) is 14.6 Å². The van der Waals surface area contributed by atoms with Gasteiger partial charge in [0.05, 0.1) is 24.9 Å². The van der Waals surface area contributed by atoms with Crippen molar-refractivity contribution in [1.82, 2.24) is 24.9 Å². The number of aryl methyl sites for hydroxylation is 2. The zero-order valence-corrected chi connectivity index (χ0v) is 18.2. The van der Waals surface area contributed by atoms with E-state index in [1.54, 1.807) is 0 Å². The maximum atomic E-state index is 6.14. The predicted molar refractivity (Wildman–Crippen MR) is 120 cm³/mol. The van der Waals surface area contributed by atoms with Gasteiger partial charge in [0.2, 0.25) is 0 Å². The maximum absolute atomic E-state index is 6.14. The molecule has 4 rings (SSSR count). The number of hydrogen-bond acceptors (Lipinski definition) is 4.